The molecular formula is C14H14ClN5. The number of hydrogen-bond acceptors (Lipinski definition) is 5. The van der Waals surface area contributed by atoms with Gasteiger partial charge in [-0.25, -0.2) is 19.9 Å². The average molecular weight is 288 g/mol. The largest absolute Gasteiger partial charge is 0.363 e. The fraction of sp³-hybridized carbons (Fsp3) is 0.143. The van der Waals surface area contributed by atoms with Gasteiger partial charge in [0.25, 0.3) is 0 Å². The van der Waals surface area contributed by atoms with Crippen LogP contribution in [0.3, 0.4) is 0 Å². The second-order valence-electron chi connectivity index (χ2n) is 4.41. The summed E-state index contributed by atoms with van der Waals surface area (Å²) in [5.74, 6) is 1.55. The van der Waals surface area contributed by atoms with Crippen molar-refractivity contribution in [2.75, 3.05) is 19.0 Å². The Hall–Kier alpha value is -2.27. The highest BCUT2D eigenvalue weighted by Gasteiger charge is 2.05. The Labute approximate surface area is 123 Å². The third kappa shape index (κ3) is 2.67. The van der Waals surface area contributed by atoms with Crippen molar-refractivity contribution < 1.29 is 0 Å². The summed E-state index contributed by atoms with van der Waals surface area (Å²) in [5, 5.41) is 0.934. The predicted molar refractivity (Wildman–Crippen MR) is 82.1 cm³/mol. The summed E-state index contributed by atoms with van der Waals surface area (Å²) in [7, 11) is 3.91. The molecule has 5 nitrogen and oxygen atoms in total. The molecule has 102 valence electrons. The van der Waals surface area contributed by atoms with Crippen LogP contribution in [0.1, 0.15) is 0 Å². The monoisotopic (exact) mass is 287 g/mol. The van der Waals surface area contributed by atoms with E-state index in [1.165, 1.54) is 0 Å². The Bertz CT molecular complexity index is 712. The van der Waals surface area contributed by atoms with Gasteiger partial charge in [-0.05, 0) is 24.3 Å². The molecule has 3 rings (SSSR count). The number of rotatable bonds is 2. The Morgan fingerprint density at radius 3 is 2.50 bits per heavy atom. The first-order valence-corrected chi connectivity index (χ1v) is 5.95. The Morgan fingerprint density at radius 1 is 0.950 bits per heavy atom. The van der Waals surface area contributed by atoms with Gasteiger partial charge in [0.1, 0.15) is 5.82 Å². The van der Waals surface area contributed by atoms with E-state index in [-0.39, 0.29) is 12.4 Å². The molecule has 0 N–H and O–H groups in total. The van der Waals surface area contributed by atoms with Crippen LogP contribution >= 0.6 is 12.4 Å². The minimum absolute atomic E-state index is 0. The van der Waals surface area contributed by atoms with Crippen LogP contribution in [-0.2, 0) is 0 Å². The van der Waals surface area contributed by atoms with Gasteiger partial charge in [-0.15, -0.1) is 12.4 Å². The lowest BCUT2D eigenvalue weighted by Crippen LogP contribution is -2.10. The summed E-state index contributed by atoms with van der Waals surface area (Å²) in [4.78, 5) is 19.3. The number of aromatic nitrogens is 4. The van der Waals surface area contributed by atoms with Crippen LogP contribution in [0.4, 0.5) is 5.82 Å². The molecule has 3 aromatic heterocycles. The molecule has 0 aliphatic carbocycles. The summed E-state index contributed by atoms with van der Waals surface area (Å²) >= 11 is 0. The zero-order chi connectivity index (χ0) is 13.2. The molecule has 0 saturated carbocycles. The summed E-state index contributed by atoms with van der Waals surface area (Å²) < 4.78 is 0. The van der Waals surface area contributed by atoms with Crippen molar-refractivity contribution in [1.29, 1.82) is 0 Å². The van der Waals surface area contributed by atoms with Crippen molar-refractivity contribution in [2.45, 2.75) is 0 Å². The lowest BCUT2D eigenvalue weighted by atomic mass is 10.2. The van der Waals surface area contributed by atoms with Crippen LogP contribution < -0.4 is 4.90 Å². The SMILES string of the molecule is CN(C)c1ccc(-c2ncc3cccnc3n2)cn1.Cl. The number of hydrogen-bond donors (Lipinski definition) is 0. The molecule has 0 spiro atoms. The van der Waals surface area contributed by atoms with Crippen LogP contribution in [0.5, 0.6) is 0 Å². The maximum absolute atomic E-state index is 4.44. The van der Waals surface area contributed by atoms with Crippen molar-refractivity contribution in [1.82, 2.24) is 19.9 Å². The standard InChI is InChI=1S/C14H13N5.ClH/c1-19(2)12-6-5-11(8-16-12)14-17-9-10-4-3-7-15-13(10)18-14;/h3-9H,1-2H3;1H. The minimum Gasteiger partial charge on any atom is -0.363 e. The topological polar surface area (TPSA) is 54.8 Å². The first-order chi connectivity index (χ1) is 9.24. The molecule has 0 radical (unpaired) electrons. The highest BCUT2D eigenvalue weighted by Crippen LogP contribution is 2.18. The van der Waals surface area contributed by atoms with Crippen molar-refractivity contribution in [3.8, 4) is 11.4 Å². The molecule has 0 fully saturated rings. The second kappa shape index (κ2) is 5.79. The molecule has 0 atom stereocenters. The van der Waals surface area contributed by atoms with E-state index in [1.54, 1.807) is 18.6 Å². The molecular weight excluding hydrogens is 274 g/mol. The van der Waals surface area contributed by atoms with Gasteiger partial charge in [-0.2, -0.15) is 0 Å². The van der Waals surface area contributed by atoms with Crippen LogP contribution in [-0.4, -0.2) is 34.0 Å². The van der Waals surface area contributed by atoms with Crippen molar-refractivity contribution in [3.63, 3.8) is 0 Å². The highest BCUT2D eigenvalue weighted by atomic mass is 35.5. The fourth-order valence-electron chi connectivity index (χ4n) is 1.79. The third-order valence-electron chi connectivity index (χ3n) is 2.82. The van der Waals surface area contributed by atoms with E-state index in [0.717, 1.165) is 16.8 Å². The summed E-state index contributed by atoms with van der Waals surface area (Å²) in [5.41, 5.74) is 1.59. The second-order valence-corrected chi connectivity index (χ2v) is 4.41. The van der Waals surface area contributed by atoms with Crippen molar-refractivity contribution in [2.24, 2.45) is 0 Å². The van der Waals surface area contributed by atoms with Crippen LogP contribution in [0, 0.1) is 0 Å². The third-order valence-corrected chi connectivity index (χ3v) is 2.82. The summed E-state index contributed by atoms with van der Waals surface area (Å²) in [6.45, 7) is 0. The van der Waals surface area contributed by atoms with Gasteiger partial charge in [0.15, 0.2) is 11.5 Å². The zero-order valence-electron chi connectivity index (χ0n) is 11.2. The molecule has 0 aliphatic rings. The summed E-state index contributed by atoms with van der Waals surface area (Å²) in [6, 6.07) is 7.73. The molecule has 3 aromatic rings. The van der Waals surface area contributed by atoms with Crippen LogP contribution in [0.2, 0.25) is 0 Å². The van der Waals surface area contributed by atoms with Crippen LogP contribution in [0.15, 0.2) is 42.9 Å². The number of fused-ring (bicyclic) bond motifs is 1. The minimum atomic E-state index is 0. The van der Waals surface area contributed by atoms with Gasteiger partial charge in [0, 0.05) is 43.6 Å². The normalized spacial score (nSPS) is 10.1. The summed E-state index contributed by atoms with van der Waals surface area (Å²) in [6.07, 6.45) is 5.29. The molecule has 0 aliphatic heterocycles. The van der Waals surface area contributed by atoms with E-state index < -0.39 is 0 Å². The number of nitrogens with zero attached hydrogens (tertiary/aromatic N) is 5. The molecule has 6 heteroatoms. The van der Waals surface area contributed by atoms with E-state index >= 15 is 0 Å². The Morgan fingerprint density at radius 2 is 1.80 bits per heavy atom. The smallest absolute Gasteiger partial charge is 0.163 e. The molecule has 0 saturated heterocycles. The van der Waals surface area contributed by atoms with E-state index in [0.29, 0.717) is 11.5 Å². The van der Waals surface area contributed by atoms with Gasteiger partial charge < -0.3 is 4.90 Å². The average Bonchev–Trinajstić information content (AvgIpc) is 2.47. The number of anilines is 1. The quantitative estimate of drug-likeness (QED) is 0.725. The van der Waals surface area contributed by atoms with E-state index in [9.17, 15) is 0 Å². The van der Waals surface area contributed by atoms with Gasteiger partial charge in [0.2, 0.25) is 0 Å². The van der Waals surface area contributed by atoms with E-state index in [2.05, 4.69) is 19.9 Å². The maximum atomic E-state index is 4.44. The molecule has 0 unspecified atom stereocenters. The Kier molecular flexibility index (Phi) is 4.10. The molecule has 0 bridgehead atoms. The molecule has 0 aromatic carbocycles. The lowest BCUT2D eigenvalue weighted by molar-refractivity contribution is 1.06. The lowest BCUT2D eigenvalue weighted by Gasteiger charge is -2.10. The molecule has 3 heterocycles. The predicted octanol–water partition coefficient (Wildman–Crippen LogP) is 2.57. The highest BCUT2D eigenvalue weighted by molar-refractivity contribution is 5.85. The van der Waals surface area contributed by atoms with Gasteiger partial charge >= 0.3 is 0 Å². The van der Waals surface area contributed by atoms with Gasteiger partial charge in [-0.1, -0.05) is 0 Å². The number of halogens is 1. The van der Waals surface area contributed by atoms with Gasteiger partial charge in [-0.3, -0.25) is 0 Å². The van der Waals surface area contributed by atoms with Gasteiger partial charge in [0.05, 0.1) is 0 Å². The number of pyridine rings is 2. The molecule has 20 heavy (non-hydrogen) atoms. The fourth-order valence-corrected chi connectivity index (χ4v) is 1.79. The Balaban J connectivity index is 0.00000147. The zero-order valence-corrected chi connectivity index (χ0v) is 12.0. The first kappa shape index (κ1) is 14.1. The maximum Gasteiger partial charge on any atom is 0.163 e. The molecule has 0 amide bonds. The van der Waals surface area contributed by atoms with Crippen LogP contribution in [0.25, 0.3) is 22.4 Å². The van der Waals surface area contributed by atoms with Crippen molar-refractivity contribution >= 4 is 29.3 Å². The van der Waals surface area contributed by atoms with Crippen molar-refractivity contribution in [3.05, 3.63) is 42.9 Å². The van der Waals surface area contributed by atoms with E-state index in [4.69, 9.17) is 0 Å². The van der Waals surface area contributed by atoms with E-state index in [1.807, 2.05) is 43.3 Å². The first-order valence-electron chi connectivity index (χ1n) is 5.95.